The van der Waals surface area contributed by atoms with Gasteiger partial charge in [-0.15, -0.1) is 24.8 Å². The van der Waals surface area contributed by atoms with Crippen molar-refractivity contribution < 1.29 is 0 Å². The van der Waals surface area contributed by atoms with Crippen LogP contribution >= 0.6 is 24.8 Å². The summed E-state index contributed by atoms with van der Waals surface area (Å²) < 4.78 is 0. The lowest BCUT2D eigenvalue weighted by Gasteiger charge is -2.11. The van der Waals surface area contributed by atoms with E-state index in [4.69, 9.17) is 5.73 Å². The van der Waals surface area contributed by atoms with Gasteiger partial charge in [-0.3, -0.25) is 5.43 Å². The van der Waals surface area contributed by atoms with Gasteiger partial charge in [0, 0.05) is 20.1 Å². The smallest absolute Gasteiger partial charge is 0.0250 e. The third kappa shape index (κ3) is 11.8. The minimum absolute atomic E-state index is 0. The molecule has 0 heterocycles. The minimum atomic E-state index is 0. The van der Waals surface area contributed by atoms with Gasteiger partial charge in [-0.1, -0.05) is 0 Å². The number of nitrogens with one attached hydrogen (secondary N) is 1. The topological polar surface area (TPSA) is 41.3 Å². The fourth-order valence-corrected chi connectivity index (χ4v) is 0.305. The number of rotatable bonds is 3. The monoisotopic (exact) mass is 175 g/mol. The molecule has 0 unspecified atom stereocenters. The van der Waals surface area contributed by atoms with E-state index in [1.165, 1.54) is 0 Å². The first kappa shape index (κ1) is 16.2. The van der Waals surface area contributed by atoms with Crippen molar-refractivity contribution in [2.75, 3.05) is 27.2 Å². The molecule has 3 nitrogen and oxygen atoms in total. The summed E-state index contributed by atoms with van der Waals surface area (Å²) in [6, 6.07) is 0. The zero-order chi connectivity index (χ0) is 5.70. The molecule has 0 spiro atoms. The van der Waals surface area contributed by atoms with E-state index in [2.05, 4.69) is 5.43 Å². The lowest BCUT2D eigenvalue weighted by molar-refractivity contribution is 0.268. The highest BCUT2D eigenvalue weighted by atomic mass is 35.5. The fourth-order valence-electron chi connectivity index (χ4n) is 0.305. The Labute approximate surface area is 68.8 Å². The molecule has 0 fully saturated rings. The average molecular weight is 176 g/mol. The Morgan fingerprint density at radius 2 is 1.89 bits per heavy atom. The summed E-state index contributed by atoms with van der Waals surface area (Å²) >= 11 is 0. The predicted octanol–water partition coefficient (Wildman–Crippen LogP) is -0.145. The Morgan fingerprint density at radius 3 is 2.00 bits per heavy atom. The maximum absolute atomic E-state index is 5.22. The Balaban J connectivity index is -0.000000180. The number of nitrogens with zero attached hydrogens (tertiary/aromatic N) is 1. The highest BCUT2D eigenvalue weighted by Gasteiger charge is 1.85. The predicted molar refractivity (Wildman–Crippen MR) is 45.2 cm³/mol. The first-order chi connectivity index (χ1) is 3.31. The van der Waals surface area contributed by atoms with Gasteiger partial charge in [0.15, 0.2) is 0 Å². The normalized spacial score (nSPS) is 8.00. The van der Waals surface area contributed by atoms with Crippen LogP contribution in [0.5, 0.6) is 0 Å². The maximum atomic E-state index is 5.22. The molecule has 0 atom stereocenters. The van der Waals surface area contributed by atoms with Gasteiger partial charge < -0.3 is 5.73 Å². The van der Waals surface area contributed by atoms with Gasteiger partial charge in [0.05, 0.1) is 0 Å². The summed E-state index contributed by atoms with van der Waals surface area (Å²) in [4.78, 5) is 0. The van der Waals surface area contributed by atoms with Crippen molar-refractivity contribution in [1.82, 2.24) is 10.4 Å². The van der Waals surface area contributed by atoms with Crippen LogP contribution in [0.1, 0.15) is 0 Å². The third-order valence-electron chi connectivity index (χ3n) is 0.846. The largest absolute Gasteiger partial charge is 0.329 e. The summed E-state index contributed by atoms with van der Waals surface area (Å²) in [5.41, 5.74) is 8.14. The van der Waals surface area contributed by atoms with Crippen LogP contribution in [0.25, 0.3) is 0 Å². The second kappa shape index (κ2) is 11.3. The van der Waals surface area contributed by atoms with Gasteiger partial charge >= 0.3 is 0 Å². The van der Waals surface area contributed by atoms with E-state index < -0.39 is 0 Å². The summed E-state index contributed by atoms with van der Waals surface area (Å²) in [7, 11) is 3.82. The fraction of sp³-hybridized carbons (Fsp3) is 1.00. The van der Waals surface area contributed by atoms with Crippen LogP contribution in [0.3, 0.4) is 0 Å². The highest BCUT2D eigenvalue weighted by molar-refractivity contribution is 5.85. The standard InChI is InChI=1S/C4H13N3.2ClH/c1-6-7(2)4-3-5;;/h6H,3-5H2,1-2H3;2*1H. The van der Waals surface area contributed by atoms with Crippen molar-refractivity contribution in [3.05, 3.63) is 0 Å². The summed E-state index contributed by atoms with van der Waals surface area (Å²) in [5.74, 6) is 0. The van der Waals surface area contributed by atoms with E-state index in [1.54, 1.807) is 0 Å². The Morgan fingerprint density at radius 1 is 1.44 bits per heavy atom. The van der Waals surface area contributed by atoms with Gasteiger partial charge in [-0.2, -0.15) is 0 Å². The second-order valence-corrected chi connectivity index (χ2v) is 1.43. The van der Waals surface area contributed by atoms with E-state index in [1.807, 2.05) is 19.1 Å². The van der Waals surface area contributed by atoms with Gasteiger partial charge in [-0.25, -0.2) is 5.01 Å². The van der Waals surface area contributed by atoms with Gasteiger partial charge in [0.25, 0.3) is 0 Å². The molecule has 0 aromatic carbocycles. The first-order valence-corrected chi connectivity index (χ1v) is 2.40. The molecular formula is C4H15Cl2N3. The average Bonchev–Trinajstić information content (AvgIpc) is 1.68. The molecule has 9 heavy (non-hydrogen) atoms. The third-order valence-corrected chi connectivity index (χ3v) is 0.846. The molecule has 0 radical (unpaired) electrons. The van der Waals surface area contributed by atoms with E-state index >= 15 is 0 Å². The molecule has 0 aromatic heterocycles. The van der Waals surface area contributed by atoms with Crippen molar-refractivity contribution >= 4 is 24.8 Å². The Hall–Kier alpha value is 0.460. The molecule has 0 amide bonds. The van der Waals surface area contributed by atoms with Crippen LogP contribution in [0.15, 0.2) is 0 Å². The molecule has 0 bridgehead atoms. The number of likely N-dealkylation sites (N-methyl/N-ethyl adjacent to an activating group) is 1. The molecule has 0 saturated carbocycles. The summed E-state index contributed by atoms with van der Waals surface area (Å²) in [5, 5.41) is 1.93. The lowest BCUT2D eigenvalue weighted by Crippen LogP contribution is -2.34. The number of hydrogen-bond donors (Lipinski definition) is 2. The number of nitrogens with two attached hydrogens (primary N) is 1. The number of hydrogen-bond acceptors (Lipinski definition) is 3. The minimum Gasteiger partial charge on any atom is -0.329 e. The zero-order valence-electron chi connectivity index (χ0n) is 5.76. The summed E-state index contributed by atoms with van der Waals surface area (Å²) in [6.07, 6.45) is 0. The van der Waals surface area contributed by atoms with Crippen molar-refractivity contribution in [1.29, 1.82) is 0 Å². The zero-order valence-corrected chi connectivity index (χ0v) is 7.39. The van der Waals surface area contributed by atoms with Crippen molar-refractivity contribution in [2.45, 2.75) is 0 Å². The Kier molecular flexibility index (Phi) is 20.3. The highest BCUT2D eigenvalue weighted by Crippen LogP contribution is 1.64. The van der Waals surface area contributed by atoms with Crippen LogP contribution in [-0.4, -0.2) is 32.2 Å². The lowest BCUT2D eigenvalue weighted by atomic mass is 10.6. The van der Waals surface area contributed by atoms with Gasteiger partial charge in [-0.05, 0) is 7.05 Å². The number of halogens is 2. The van der Waals surface area contributed by atoms with Gasteiger partial charge in [0.1, 0.15) is 0 Å². The molecule has 60 valence electrons. The molecule has 0 aliphatic rings. The van der Waals surface area contributed by atoms with E-state index in [-0.39, 0.29) is 24.8 Å². The van der Waals surface area contributed by atoms with E-state index in [0.29, 0.717) is 6.54 Å². The summed E-state index contributed by atoms with van der Waals surface area (Å²) in [6.45, 7) is 1.60. The van der Waals surface area contributed by atoms with Crippen LogP contribution in [0, 0.1) is 0 Å². The van der Waals surface area contributed by atoms with Crippen molar-refractivity contribution in [3.63, 3.8) is 0 Å². The van der Waals surface area contributed by atoms with Crippen LogP contribution < -0.4 is 11.2 Å². The molecule has 0 aliphatic heterocycles. The molecular weight excluding hydrogens is 161 g/mol. The van der Waals surface area contributed by atoms with Gasteiger partial charge in [0.2, 0.25) is 0 Å². The molecule has 3 N–H and O–H groups in total. The van der Waals surface area contributed by atoms with Crippen LogP contribution in [0.4, 0.5) is 0 Å². The quantitative estimate of drug-likeness (QED) is 0.588. The van der Waals surface area contributed by atoms with Crippen LogP contribution in [0.2, 0.25) is 0 Å². The Bertz CT molecular complexity index is 44.8. The second-order valence-electron chi connectivity index (χ2n) is 1.43. The van der Waals surface area contributed by atoms with Crippen LogP contribution in [-0.2, 0) is 0 Å². The van der Waals surface area contributed by atoms with E-state index in [9.17, 15) is 0 Å². The molecule has 5 heteroatoms. The SMILES string of the molecule is CNN(C)CCN.Cl.Cl. The number of hydrazine groups is 1. The molecule has 0 saturated heterocycles. The molecule has 0 rings (SSSR count). The van der Waals surface area contributed by atoms with Crippen molar-refractivity contribution in [2.24, 2.45) is 5.73 Å². The first-order valence-electron chi connectivity index (χ1n) is 2.40. The van der Waals surface area contributed by atoms with E-state index in [0.717, 1.165) is 6.54 Å². The molecule has 0 aromatic rings. The molecule has 0 aliphatic carbocycles. The van der Waals surface area contributed by atoms with Crippen molar-refractivity contribution in [3.8, 4) is 0 Å². The maximum Gasteiger partial charge on any atom is 0.0250 e.